The fourth-order valence-corrected chi connectivity index (χ4v) is 5.04. The van der Waals surface area contributed by atoms with Crippen molar-refractivity contribution in [3.63, 3.8) is 0 Å². The Hall–Kier alpha value is -2.67. The van der Waals surface area contributed by atoms with Crippen LogP contribution < -0.4 is 10.6 Å². The molecule has 1 heterocycles. The summed E-state index contributed by atoms with van der Waals surface area (Å²) in [4.78, 5) is 38.1. The number of hydrogen-bond acceptors (Lipinski definition) is 5. The lowest BCUT2D eigenvalue weighted by molar-refractivity contribution is -0.115. The number of methoxy groups -OCH3 is 1. The van der Waals surface area contributed by atoms with Gasteiger partial charge in [0.05, 0.1) is 19.1 Å². The lowest BCUT2D eigenvalue weighted by Gasteiger charge is -2.18. The highest BCUT2D eigenvalue weighted by atomic mass is 32.1. The molecular weight excluding hydrogens is 388 g/mol. The number of benzene rings is 1. The van der Waals surface area contributed by atoms with E-state index in [2.05, 4.69) is 22.3 Å². The molecule has 1 aromatic carbocycles. The zero-order valence-electron chi connectivity index (χ0n) is 17.2. The minimum absolute atomic E-state index is 0.183. The normalized spacial score (nSPS) is 15.4. The van der Waals surface area contributed by atoms with Crippen LogP contribution >= 0.6 is 11.3 Å². The predicted octanol–water partition coefficient (Wildman–Crippen LogP) is 4.17. The van der Waals surface area contributed by atoms with E-state index in [4.69, 9.17) is 0 Å². The SMILES string of the molecule is COC(=O)NC(=O)c1c(NC(=O)Cc2cc(C)ccc2C)sc2c1CCC(C)C2. The first-order chi connectivity index (χ1) is 13.8. The summed E-state index contributed by atoms with van der Waals surface area (Å²) in [7, 11) is 1.21. The number of rotatable bonds is 4. The van der Waals surface area contributed by atoms with Crippen molar-refractivity contribution in [1.29, 1.82) is 0 Å². The van der Waals surface area contributed by atoms with E-state index in [-0.39, 0.29) is 12.3 Å². The molecule has 29 heavy (non-hydrogen) atoms. The third kappa shape index (κ3) is 4.85. The zero-order valence-corrected chi connectivity index (χ0v) is 18.0. The lowest BCUT2D eigenvalue weighted by atomic mass is 9.88. The molecule has 154 valence electrons. The molecule has 0 saturated heterocycles. The molecule has 6 nitrogen and oxygen atoms in total. The second-order valence-corrected chi connectivity index (χ2v) is 8.76. The summed E-state index contributed by atoms with van der Waals surface area (Å²) in [5.74, 6) is -0.195. The van der Waals surface area contributed by atoms with Gasteiger partial charge < -0.3 is 10.1 Å². The van der Waals surface area contributed by atoms with Crippen molar-refractivity contribution in [3.8, 4) is 0 Å². The Kier molecular flexibility index (Phi) is 6.37. The molecule has 2 N–H and O–H groups in total. The molecule has 0 spiro atoms. The first-order valence-electron chi connectivity index (χ1n) is 9.68. The number of imide groups is 1. The van der Waals surface area contributed by atoms with Crippen LogP contribution in [0.5, 0.6) is 0 Å². The van der Waals surface area contributed by atoms with Crippen LogP contribution in [0.4, 0.5) is 9.80 Å². The summed E-state index contributed by atoms with van der Waals surface area (Å²) >= 11 is 1.43. The fourth-order valence-electron chi connectivity index (χ4n) is 3.62. The summed E-state index contributed by atoms with van der Waals surface area (Å²) in [5, 5.41) is 5.65. The van der Waals surface area contributed by atoms with Crippen molar-refractivity contribution in [1.82, 2.24) is 5.32 Å². The number of fused-ring (bicyclic) bond motifs is 1. The van der Waals surface area contributed by atoms with Crippen LogP contribution in [0.15, 0.2) is 18.2 Å². The van der Waals surface area contributed by atoms with Crippen molar-refractivity contribution in [2.24, 2.45) is 5.92 Å². The molecule has 0 bridgehead atoms. The van der Waals surface area contributed by atoms with E-state index in [1.54, 1.807) is 0 Å². The molecule has 1 atom stereocenters. The fraction of sp³-hybridized carbons (Fsp3) is 0.409. The van der Waals surface area contributed by atoms with E-state index in [9.17, 15) is 14.4 Å². The Balaban J connectivity index is 1.87. The van der Waals surface area contributed by atoms with Crippen molar-refractivity contribution < 1.29 is 19.1 Å². The third-order valence-corrected chi connectivity index (χ3v) is 6.42. The van der Waals surface area contributed by atoms with Crippen molar-refractivity contribution in [2.75, 3.05) is 12.4 Å². The minimum Gasteiger partial charge on any atom is -0.453 e. The molecule has 0 saturated carbocycles. The van der Waals surface area contributed by atoms with E-state index in [0.29, 0.717) is 16.5 Å². The van der Waals surface area contributed by atoms with Crippen LogP contribution in [0.3, 0.4) is 0 Å². The summed E-state index contributed by atoms with van der Waals surface area (Å²) in [6, 6.07) is 6.01. The van der Waals surface area contributed by atoms with Crippen molar-refractivity contribution in [3.05, 3.63) is 50.9 Å². The third-order valence-electron chi connectivity index (χ3n) is 5.25. The number of thiophene rings is 1. The van der Waals surface area contributed by atoms with Gasteiger partial charge in [0, 0.05) is 4.88 Å². The first kappa shape index (κ1) is 21.0. The average Bonchev–Trinajstić information content (AvgIpc) is 3.01. The number of amides is 3. The van der Waals surface area contributed by atoms with Gasteiger partial charge in [-0.3, -0.25) is 14.9 Å². The molecule has 1 aliphatic rings. The maximum atomic E-state index is 12.7. The molecule has 3 amide bonds. The highest BCUT2D eigenvalue weighted by Gasteiger charge is 2.29. The van der Waals surface area contributed by atoms with E-state index in [1.165, 1.54) is 18.4 Å². The number of aryl methyl sites for hydroxylation is 2. The van der Waals surface area contributed by atoms with Crippen molar-refractivity contribution in [2.45, 2.75) is 46.5 Å². The highest BCUT2D eigenvalue weighted by Crippen LogP contribution is 2.39. The molecule has 1 aliphatic carbocycles. The molecular formula is C22H26N2O4S. The van der Waals surface area contributed by atoms with Crippen molar-refractivity contribution >= 4 is 34.2 Å². The van der Waals surface area contributed by atoms with E-state index in [1.807, 2.05) is 32.0 Å². The Morgan fingerprint density at radius 3 is 2.72 bits per heavy atom. The Morgan fingerprint density at radius 1 is 1.24 bits per heavy atom. The van der Waals surface area contributed by atoms with Gasteiger partial charge in [0.15, 0.2) is 0 Å². The first-order valence-corrected chi connectivity index (χ1v) is 10.5. The van der Waals surface area contributed by atoms with E-state index < -0.39 is 12.0 Å². The van der Waals surface area contributed by atoms with Crippen LogP contribution in [-0.4, -0.2) is 25.0 Å². The Bertz CT molecular complexity index is 964. The Morgan fingerprint density at radius 2 is 2.00 bits per heavy atom. The van der Waals surface area contributed by atoms with Gasteiger partial charge in [-0.25, -0.2) is 4.79 Å². The lowest BCUT2D eigenvalue weighted by Crippen LogP contribution is -2.31. The van der Waals surface area contributed by atoms with Gasteiger partial charge in [0.25, 0.3) is 5.91 Å². The molecule has 2 aromatic rings. The second-order valence-electron chi connectivity index (χ2n) is 7.66. The summed E-state index contributed by atoms with van der Waals surface area (Å²) in [6.07, 6.45) is 2.00. The number of anilines is 1. The monoisotopic (exact) mass is 414 g/mol. The molecule has 0 fully saturated rings. The van der Waals surface area contributed by atoms with Gasteiger partial charge in [-0.2, -0.15) is 0 Å². The topological polar surface area (TPSA) is 84.5 Å². The van der Waals surface area contributed by atoms with Crippen LogP contribution in [0.25, 0.3) is 0 Å². The standard InChI is InChI=1S/C22H26N2O4S/c1-12-5-7-14(3)15(9-12)11-18(25)23-21-19(20(26)24-22(27)28-4)16-8-6-13(2)10-17(16)29-21/h5,7,9,13H,6,8,10-11H2,1-4H3,(H,23,25)(H,24,26,27). The van der Waals surface area contributed by atoms with Gasteiger partial charge in [-0.1, -0.05) is 30.7 Å². The number of hydrogen-bond donors (Lipinski definition) is 2. The van der Waals surface area contributed by atoms with Crippen LogP contribution in [0.2, 0.25) is 0 Å². The minimum atomic E-state index is -0.813. The number of carbonyl (C=O) groups is 3. The average molecular weight is 415 g/mol. The maximum Gasteiger partial charge on any atom is 0.413 e. The van der Waals surface area contributed by atoms with E-state index >= 15 is 0 Å². The van der Waals surface area contributed by atoms with E-state index in [0.717, 1.165) is 46.4 Å². The molecule has 1 aromatic heterocycles. The van der Waals surface area contributed by atoms with Crippen LogP contribution in [0, 0.1) is 19.8 Å². The smallest absolute Gasteiger partial charge is 0.413 e. The number of alkyl carbamates (subject to hydrolysis) is 1. The second kappa shape index (κ2) is 8.78. The van der Waals surface area contributed by atoms with Crippen LogP contribution in [0.1, 0.15) is 50.8 Å². The van der Waals surface area contributed by atoms with Crippen LogP contribution in [-0.2, 0) is 28.8 Å². The number of nitrogens with one attached hydrogen (secondary N) is 2. The molecule has 7 heteroatoms. The van der Waals surface area contributed by atoms with Gasteiger partial charge in [-0.15, -0.1) is 11.3 Å². The Labute approximate surface area is 174 Å². The number of carbonyl (C=O) groups excluding carboxylic acids is 3. The number of ether oxygens (including phenoxy) is 1. The van der Waals surface area contributed by atoms with Gasteiger partial charge in [0.1, 0.15) is 5.00 Å². The molecule has 0 aliphatic heterocycles. The molecule has 3 rings (SSSR count). The predicted molar refractivity (Wildman–Crippen MR) is 114 cm³/mol. The van der Waals surface area contributed by atoms with Gasteiger partial charge >= 0.3 is 6.09 Å². The molecule has 0 radical (unpaired) electrons. The van der Waals surface area contributed by atoms with Gasteiger partial charge in [-0.05, 0) is 55.7 Å². The summed E-state index contributed by atoms with van der Waals surface area (Å²) < 4.78 is 4.55. The quantitative estimate of drug-likeness (QED) is 0.786. The highest BCUT2D eigenvalue weighted by molar-refractivity contribution is 7.17. The maximum absolute atomic E-state index is 12.7. The molecule has 1 unspecified atom stereocenters. The summed E-state index contributed by atoms with van der Waals surface area (Å²) in [6.45, 7) is 6.14. The van der Waals surface area contributed by atoms with Gasteiger partial charge in [0.2, 0.25) is 5.91 Å². The zero-order chi connectivity index (χ0) is 21.1. The summed E-state index contributed by atoms with van der Waals surface area (Å²) in [5.41, 5.74) is 4.41. The largest absolute Gasteiger partial charge is 0.453 e.